The SMILES string of the molecule is c1ccc2c(-c3c4ccccc4c(-c4cc(-c5ccc6oc7ccccc7c6c5)cc5oc6ccccc6c45)c4ccccc34)cccc2c1. The first-order valence-electron chi connectivity index (χ1n) is 17.1. The van der Waals surface area contributed by atoms with E-state index in [-0.39, 0.29) is 0 Å². The summed E-state index contributed by atoms with van der Waals surface area (Å²) in [5.74, 6) is 0. The molecule has 0 radical (unpaired) electrons. The van der Waals surface area contributed by atoms with Gasteiger partial charge in [-0.2, -0.15) is 0 Å². The van der Waals surface area contributed by atoms with Crippen molar-refractivity contribution in [3.05, 3.63) is 170 Å². The fraction of sp³-hybridized carbons (Fsp3) is 0. The zero-order valence-corrected chi connectivity index (χ0v) is 27.0. The Balaban J connectivity index is 1.28. The molecule has 9 aromatic carbocycles. The molecular formula is C48H28O2. The van der Waals surface area contributed by atoms with Crippen LogP contribution >= 0.6 is 0 Å². The second kappa shape index (κ2) is 10.4. The van der Waals surface area contributed by atoms with Crippen molar-refractivity contribution in [2.75, 3.05) is 0 Å². The molecule has 232 valence electrons. The van der Waals surface area contributed by atoms with Gasteiger partial charge >= 0.3 is 0 Å². The standard InChI is InChI=1S/C48H28O2/c1-2-14-32-29(12-1)13-11-21-34(32)46-35-16-3-5-18-37(35)47(38-19-6-4-17-36(38)46)41-27-31(28-45-48(41)39-20-8-10-23-43(39)50-45)30-24-25-44-40(26-30)33-15-7-9-22-42(33)49-44/h1-28H. The minimum Gasteiger partial charge on any atom is -0.456 e. The molecule has 0 N–H and O–H groups in total. The lowest BCUT2D eigenvalue weighted by Gasteiger charge is -2.19. The second-order valence-electron chi connectivity index (χ2n) is 13.2. The normalized spacial score (nSPS) is 12.0. The van der Waals surface area contributed by atoms with Gasteiger partial charge in [-0.3, -0.25) is 0 Å². The molecule has 2 heteroatoms. The quantitative estimate of drug-likeness (QED) is 0.180. The van der Waals surface area contributed by atoms with Crippen molar-refractivity contribution in [1.82, 2.24) is 0 Å². The molecule has 0 aliphatic carbocycles. The van der Waals surface area contributed by atoms with Crippen molar-refractivity contribution in [1.29, 1.82) is 0 Å². The van der Waals surface area contributed by atoms with Gasteiger partial charge in [-0.15, -0.1) is 0 Å². The van der Waals surface area contributed by atoms with Gasteiger partial charge in [-0.25, -0.2) is 0 Å². The van der Waals surface area contributed by atoms with Crippen LogP contribution in [0.3, 0.4) is 0 Å². The van der Waals surface area contributed by atoms with Crippen molar-refractivity contribution in [2.45, 2.75) is 0 Å². The lowest BCUT2D eigenvalue weighted by Crippen LogP contribution is -1.92. The highest BCUT2D eigenvalue weighted by atomic mass is 16.3. The fourth-order valence-corrected chi connectivity index (χ4v) is 8.28. The molecule has 0 atom stereocenters. The summed E-state index contributed by atoms with van der Waals surface area (Å²) in [5.41, 5.74) is 10.7. The molecule has 0 aliphatic heterocycles. The second-order valence-corrected chi connectivity index (χ2v) is 13.2. The Morgan fingerprint density at radius 1 is 0.280 bits per heavy atom. The summed E-state index contributed by atoms with van der Waals surface area (Å²) in [6, 6.07) is 60.9. The third-order valence-electron chi connectivity index (χ3n) is 10.4. The number of benzene rings is 9. The van der Waals surface area contributed by atoms with Crippen LogP contribution in [0.4, 0.5) is 0 Å². The molecule has 11 rings (SSSR count). The maximum Gasteiger partial charge on any atom is 0.136 e. The van der Waals surface area contributed by atoms with Crippen LogP contribution in [0.5, 0.6) is 0 Å². The van der Waals surface area contributed by atoms with Gasteiger partial charge in [0.15, 0.2) is 0 Å². The molecule has 0 saturated heterocycles. The minimum atomic E-state index is 0.877. The Labute approximate surface area is 287 Å². The third-order valence-corrected chi connectivity index (χ3v) is 10.4. The molecule has 0 bridgehead atoms. The van der Waals surface area contributed by atoms with Gasteiger partial charge in [0.25, 0.3) is 0 Å². The van der Waals surface area contributed by atoms with E-state index in [1.807, 2.05) is 18.2 Å². The Kier molecular flexibility index (Phi) is 5.70. The molecule has 50 heavy (non-hydrogen) atoms. The van der Waals surface area contributed by atoms with Gasteiger partial charge in [0, 0.05) is 21.5 Å². The molecule has 2 nitrogen and oxygen atoms in total. The van der Waals surface area contributed by atoms with Gasteiger partial charge in [0.2, 0.25) is 0 Å². The van der Waals surface area contributed by atoms with Crippen LogP contribution in [0.2, 0.25) is 0 Å². The molecule has 0 amide bonds. The minimum absolute atomic E-state index is 0.877. The third kappa shape index (κ3) is 3.90. The van der Waals surface area contributed by atoms with Crippen molar-refractivity contribution < 1.29 is 8.83 Å². The van der Waals surface area contributed by atoms with E-state index in [1.54, 1.807) is 0 Å². The summed E-state index contributed by atoms with van der Waals surface area (Å²) >= 11 is 0. The lowest BCUT2D eigenvalue weighted by molar-refractivity contribution is 0.669. The van der Waals surface area contributed by atoms with E-state index in [0.717, 1.165) is 60.6 Å². The van der Waals surface area contributed by atoms with E-state index in [4.69, 9.17) is 8.83 Å². The zero-order chi connectivity index (χ0) is 32.8. The Morgan fingerprint density at radius 3 is 1.52 bits per heavy atom. The van der Waals surface area contributed by atoms with Crippen LogP contribution in [0, 0.1) is 0 Å². The van der Waals surface area contributed by atoms with E-state index < -0.39 is 0 Å². The Morgan fingerprint density at radius 2 is 0.800 bits per heavy atom. The molecule has 2 heterocycles. The van der Waals surface area contributed by atoms with Crippen LogP contribution in [0.25, 0.3) is 110 Å². The summed E-state index contributed by atoms with van der Waals surface area (Å²) < 4.78 is 12.9. The molecular weight excluding hydrogens is 609 g/mol. The molecule has 0 spiro atoms. The van der Waals surface area contributed by atoms with E-state index in [0.29, 0.717) is 0 Å². The molecule has 11 aromatic rings. The summed E-state index contributed by atoms with van der Waals surface area (Å²) in [7, 11) is 0. The number of furan rings is 2. The van der Waals surface area contributed by atoms with Gasteiger partial charge < -0.3 is 8.83 Å². The topological polar surface area (TPSA) is 26.3 Å². The number of rotatable bonds is 3. The van der Waals surface area contributed by atoms with Crippen molar-refractivity contribution in [2.24, 2.45) is 0 Å². The fourth-order valence-electron chi connectivity index (χ4n) is 8.28. The smallest absolute Gasteiger partial charge is 0.136 e. The van der Waals surface area contributed by atoms with Crippen LogP contribution < -0.4 is 0 Å². The molecule has 0 aliphatic rings. The summed E-state index contributed by atoms with van der Waals surface area (Å²) in [5, 5.41) is 11.9. The van der Waals surface area contributed by atoms with Crippen molar-refractivity contribution >= 4 is 76.2 Å². The maximum atomic E-state index is 6.67. The predicted octanol–water partition coefficient (Wildman–Crippen LogP) is 13.9. The highest BCUT2D eigenvalue weighted by molar-refractivity contribution is 6.27. The summed E-state index contributed by atoms with van der Waals surface area (Å²) in [6.45, 7) is 0. The number of fused-ring (bicyclic) bond motifs is 9. The highest BCUT2D eigenvalue weighted by Gasteiger charge is 2.22. The van der Waals surface area contributed by atoms with Crippen LogP contribution in [-0.4, -0.2) is 0 Å². The van der Waals surface area contributed by atoms with Gasteiger partial charge in [-0.05, 0) is 102 Å². The lowest BCUT2D eigenvalue weighted by atomic mass is 9.83. The number of hydrogen-bond acceptors (Lipinski definition) is 2. The maximum absolute atomic E-state index is 6.67. The molecule has 0 unspecified atom stereocenters. The largest absolute Gasteiger partial charge is 0.456 e. The first-order chi connectivity index (χ1) is 24.8. The van der Waals surface area contributed by atoms with Gasteiger partial charge in [-0.1, -0.05) is 133 Å². The van der Waals surface area contributed by atoms with Crippen LogP contribution in [0.1, 0.15) is 0 Å². The molecule has 0 saturated carbocycles. The summed E-state index contributed by atoms with van der Waals surface area (Å²) in [6.07, 6.45) is 0. The molecule has 2 aromatic heterocycles. The zero-order valence-electron chi connectivity index (χ0n) is 27.0. The predicted molar refractivity (Wildman–Crippen MR) is 210 cm³/mol. The first kappa shape index (κ1) is 27.3. The highest BCUT2D eigenvalue weighted by Crippen LogP contribution is 2.49. The Bertz CT molecular complexity index is 3090. The average Bonchev–Trinajstić information content (AvgIpc) is 3.74. The van der Waals surface area contributed by atoms with Gasteiger partial charge in [0.05, 0.1) is 0 Å². The van der Waals surface area contributed by atoms with E-state index in [9.17, 15) is 0 Å². The van der Waals surface area contributed by atoms with Crippen LogP contribution in [-0.2, 0) is 0 Å². The molecule has 0 fully saturated rings. The van der Waals surface area contributed by atoms with Crippen LogP contribution in [0.15, 0.2) is 179 Å². The Hall–Kier alpha value is -6.64. The number of hydrogen-bond donors (Lipinski definition) is 0. The first-order valence-corrected chi connectivity index (χ1v) is 17.1. The average molecular weight is 637 g/mol. The van der Waals surface area contributed by atoms with Gasteiger partial charge in [0.1, 0.15) is 22.3 Å². The number of para-hydroxylation sites is 2. The van der Waals surface area contributed by atoms with E-state index in [1.165, 1.54) is 49.0 Å². The summed E-state index contributed by atoms with van der Waals surface area (Å²) in [4.78, 5) is 0. The van der Waals surface area contributed by atoms with Crippen molar-refractivity contribution in [3.63, 3.8) is 0 Å². The monoisotopic (exact) mass is 636 g/mol. The van der Waals surface area contributed by atoms with E-state index >= 15 is 0 Å². The van der Waals surface area contributed by atoms with Crippen molar-refractivity contribution in [3.8, 4) is 33.4 Å². The van der Waals surface area contributed by atoms with E-state index in [2.05, 4.69) is 152 Å².